The number of carbonyl (C=O) groups is 2. The van der Waals surface area contributed by atoms with E-state index in [-0.39, 0.29) is 19.2 Å². The highest BCUT2D eigenvalue weighted by Gasteiger charge is 2.35. The first-order valence-corrected chi connectivity index (χ1v) is 7.08. The van der Waals surface area contributed by atoms with E-state index < -0.39 is 17.9 Å². The van der Waals surface area contributed by atoms with Crippen molar-refractivity contribution >= 4 is 23.3 Å². The van der Waals surface area contributed by atoms with Gasteiger partial charge in [0.25, 0.3) is 0 Å². The Hall–Kier alpha value is -1.67. The van der Waals surface area contributed by atoms with Crippen molar-refractivity contribution in [3.63, 3.8) is 0 Å². The van der Waals surface area contributed by atoms with Crippen LogP contribution in [-0.4, -0.2) is 53.3 Å². The molecule has 2 heterocycles. The summed E-state index contributed by atoms with van der Waals surface area (Å²) in [6.07, 6.45) is 0. The fourth-order valence-electron chi connectivity index (χ4n) is 1.97. The number of carboxylic acid groups (broad SMARTS) is 1. The summed E-state index contributed by atoms with van der Waals surface area (Å²) in [5.41, 5.74) is 2.64. The highest BCUT2D eigenvalue weighted by molar-refractivity contribution is 7.09. The number of ether oxygens (including phenoxy) is 1. The Morgan fingerprint density at radius 3 is 2.95 bits per heavy atom. The third-order valence-electron chi connectivity index (χ3n) is 3.28. The number of thiazole rings is 1. The summed E-state index contributed by atoms with van der Waals surface area (Å²) in [6.45, 7) is 2.71. The summed E-state index contributed by atoms with van der Waals surface area (Å²) in [7, 11) is 1.67. The van der Waals surface area contributed by atoms with E-state index in [1.54, 1.807) is 12.6 Å². The highest BCUT2D eigenvalue weighted by atomic mass is 32.1. The van der Waals surface area contributed by atoms with Crippen LogP contribution in [0.5, 0.6) is 0 Å². The van der Waals surface area contributed by atoms with Crippen LogP contribution in [0.2, 0.25) is 0 Å². The van der Waals surface area contributed by atoms with Crippen molar-refractivity contribution in [2.45, 2.75) is 19.5 Å². The van der Waals surface area contributed by atoms with E-state index in [0.29, 0.717) is 6.54 Å². The summed E-state index contributed by atoms with van der Waals surface area (Å²) in [5.74, 6) is -1.63. The molecule has 8 heteroatoms. The summed E-state index contributed by atoms with van der Waals surface area (Å²) in [4.78, 5) is 29.7. The second-order valence-corrected chi connectivity index (χ2v) is 5.69. The van der Waals surface area contributed by atoms with Gasteiger partial charge in [0.1, 0.15) is 5.92 Å². The van der Waals surface area contributed by atoms with Crippen LogP contribution in [0.1, 0.15) is 10.6 Å². The van der Waals surface area contributed by atoms with Gasteiger partial charge in [0.05, 0.1) is 37.0 Å². The van der Waals surface area contributed by atoms with Crippen LogP contribution < -0.4 is 5.32 Å². The zero-order chi connectivity index (χ0) is 14.7. The monoisotopic (exact) mass is 299 g/mol. The number of aliphatic carboxylic acids is 1. The first-order chi connectivity index (χ1) is 9.49. The molecule has 2 unspecified atom stereocenters. The Morgan fingerprint density at radius 1 is 1.60 bits per heavy atom. The molecule has 20 heavy (non-hydrogen) atoms. The van der Waals surface area contributed by atoms with Gasteiger partial charge in [-0.1, -0.05) is 0 Å². The molecule has 1 fully saturated rings. The number of hydrogen-bond donors (Lipinski definition) is 2. The summed E-state index contributed by atoms with van der Waals surface area (Å²) >= 11 is 1.49. The van der Waals surface area contributed by atoms with Crippen LogP contribution in [0.15, 0.2) is 5.51 Å². The third-order valence-corrected chi connectivity index (χ3v) is 4.20. The maximum absolute atomic E-state index is 12.1. The lowest BCUT2D eigenvalue weighted by Crippen LogP contribution is -2.47. The molecule has 0 spiro atoms. The molecule has 0 aromatic carbocycles. The maximum atomic E-state index is 12.1. The number of rotatable bonds is 4. The molecular weight excluding hydrogens is 282 g/mol. The minimum absolute atomic E-state index is 0.137. The van der Waals surface area contributed by atoms with E-state index in [1.807, 2.05) is 6.92 Å². The number of carboxylic acids is 1. The molecule has 2 N–H and O–H groups in total. The van der Waals surface area contributed by atoms with Crippen molar-refractivity contribution in [2.75, 3.05) is 20.3 Å². The van der Waals surface area contributed by atoms with Gasteiger partial charge in [-0.05, 0) is 6.92 Å². The Balaban J connectivity index is 1.91. The first kappa shape index (κ1) is 14.7. The maximum Gasteiger partial charge on any atom is 0.317 e. The SMILES string of the molecule is Cc1ncsc1CN(C)C(=O)NC1COCC1C(=O)O. The Bertz CT molecular complexity index is 505. The molecule has 1 aliphatic heterocycles. The number of nitrogens with one attached hydrogen (secondary N) is 1. The van der Waals surface area contributed by atoms with Crippen molar-refractivity contribution in [3.8, 4) is 0 Å². The molecular formula is C12H17N3O4S. The molecule has 110 valence electrons. The van der Waals surface area contributed by atoms with E-state index in [2.05, 4.69) is 10.3 Å². The second kappa shape index (κ2) is 6.19. The molecule has 1 aliphatic rings. The molecule has 2 amide bonds. The van der Waals surface area contributed by atoms with Gasteiger partial charge in [-0.3, -0.25) is 4.79 Å². The van der Waals surface area contributed by atoms with Crippen molar-refractivity contribution in [1.29, 1.82) is 0 Å². The average Bonchev–Trinajstić information content (AvgIpc) is 2.99. The number of amides is 2. The van der Waals surface area contributed by atoms with Gasteiger partial charge in [-0.15, -0.1) is 11.3 Å². The fraction of sp³-hybridized carbons (Fsp3) is 0.583. The minimum atomic E-state index is -0.950. The fourth-order valence-corrected chi connectivity index (χ4v) is 2.80. The summed E-state index contributed by atoms with van der Waals surface area (Å²) in [6, 6.07) is -0.787. The zero-order valence-electron chi connectivity index (χ0n) is 11.3. The van der Waals surface area contributed by atoms with Crippen LogP contribution in [-0.2, 0) is 16.1 Å². The van der Waals surface area contributed by atoms with Crippen LogP contribution in [0.4, 0.5) is 4.79 Å². The van der Waals surface area contributed by atoms with Crippen LogP contribution in [0, 0.1) is 12.8 Å². The second-order valence-electron chi connectivity index (χ2n) is 4.76. The molecule has 1 aromatic rings. The van der Waals surface area contributed by atoms with Gasteiger partial charge in [-0.25, -0.2) is 9.78 Å². The predicted octanol–water partition coefficient (Wildman–Crippen LogP) is 0.693. The largest absolute Gasteiger partial charge is 0.481 e. The molecule has 2 rings (SSSR count). The Kier molecular flexibility index (Phi) is 4.56. The number of nitrogens with zero attached hydrogens (tertiary/aromatic N) is 2. The van der Waals surface area contributed by atoms with E-state index in [4.69, 9.17) is 9.84 Å². The topological polar surface area (TPSA) is 91.8 Å². The van der Waals surface area contributed by atoms with Crippen LogP contribution >= 0.6 is 11.3 Å². The van der Waals surface area contributed by atoms with Crippen molar-refractivity contribution in [3.05, 3.63) is 16.1 Å². The predicted molar refractivity (Wildman–Crippen MR) is 72.6 cm³/mol. The number of hydrogen-bond acceptors (Lipinski definition) is 5. The van der Waals surface area contributed by atoms with Gasteiger partial charge in [0.15, 0.2) is 0 Å². The summed E-state index contributed by atoms with van der Waals surface area (Å²) < 4.78 is 5.11. The van der Waals surface area contributed by atoms with Crippen molar-refractivity contribution in [2.24, 2.45) is 5.92 Å². The molecule has 7 nitrogen and oxygen atoms in total. The lowest BCUT2D eigenvalue weighted by Gasteiger charge is -2.22. The molecule has 0 radical (unpaired) electrons. The standard InChI is InChI=1S/C12H17N3O4S/c1-7-10(20-6-13-7)3-15(2)12(18)14-9-5-19-4-8(9)11(16)17/h6,8-9H,3-5H2,1-2H3,(H,14,18)(H,16,17). The average molecular weight is 299 g/mol. The van der Waals surface area contributed by atoms with E-state index in [1.165, 1.54) is 16.2 Å². The molecule has 0 aliphatic carbocycles. The van der Waals surface area contributed by atoms with E-state index >= 15 is 0 Å². The van der Waals surface area contributed by atoms with Gasteiger partial charge in [0, 0.05) is 11.9 Å². The van der Waals surface area contributed by atoms with Crippen LogP contribution in [0.25, 0.3) is 0 Å². The number of aryl methyl sites for hydroxylation is 1. The molecule has 0 saturated carbocycles. The minimum Gasteiger partial charge on any atom is -0.481 e. The lowest BCUT2D eigenvalue weighted by atomic mass is 10.0. The zero-order valence-corrected chi connectivity index (χ0v) is 12.1. The van der Waals surface area contributed by atoms with E-state index in [0.717, 1.165) is 10.6 Å². The number of carbonyl (C=O) groups excluding carboxylic acids is 1. The molecule has 1 aromatic heterocycles. The smallest absolute Gasteiger partial charge is 0.317 e. The lowest BCUT2D eigenvalue weighted by molar-refractivity contribution is -0.142. The van der Waals surface area contributed by atoms with Gasteiger partial charge >= 0.3 is 12.0 Å². The normalized spacial score (nSPS) is 21.7. The quantitative estimate of drug-likeness (QED) is 0.853. The molecule has 1 saturated heterocycles. The number of urea groups is 1. The number of aromatic nitrogens is 1. The van der Waals surface area contributed by atoms with Gasteiger partial charge in [0.2, 0.25) is 0 Å². The Morgan fingerprint density at radius 2 is 2.35 bits per heavy atom. The third kappa shape index (κ3) is 3.26. The first-order valence-electron chi connectivity index (χ1n) is 6.20. The molecule has 2 atom stereocenters. The highest BCUT2D eigenvalue weighted by Crippen LogP contribution is 2.16. The van der Waals surface area contributed by atoms with Gasteiger partial charge in [-0.2, -0.15) is 0 Å². The van der Waals surface area contributed by atoms with Crippen molar-refractivity contribution < 1.29 is 19.4 Å². The van der Waals surface area contributed by atoms with Crippen LogP contribution in [0.3, 0.4) is 0 Å². The van der Waals surface area contributed by atoms with Gasteiger partial charge < -0.3 is 20.1 Å². The van der Waals surface area contributed by atoms with E-state index in [9.17, 15) is 9.59 Å². The summed E-state index contributed by atoms with van der Waals surface area (Å²) in [5, 5.41) is 11.7. The van der Waals surface area contributed by atoms with Crippen molar-refractivity contribution in [1.82, 2.24) is 15.2 Å². The molecule has 0 bridgehead atoms. The Labute approximate surface area is 120 Å².